The third-order valence-corrected chi connectivity index (χ3v) is 9.69. The lowest BCUT2D eigenvalue weighted by Crippen LogP contribution is -2.34. The van der Waals surface area contributed by atoms with Gasteiger partial charge in [-0.3, -0.25) is 9.54 Å². The molecule has 0 atom stereocenters. The Morgan fingerprint density at radius 1 is 1.07 bits per heavy atom. The number of thioether (sulfide) groups is 1. The van der Waals surface area contributed by atoms with E-state index in [-0.39, 0.29) is 17.7 Å². The summed E-state index contributed by atoms with van der Waals surface area (Å²) in [6, 6.07) is 19.4. The summed E-state index contributed by atoms with van der Waals surface area (Å²) in [5.41, 5.74) is 3.67. The van der Waals surface area contributed by atoms with E-state index in [1.807, 2.05) is 59.5 Å². The van der Waals surface area contributed by atoms with Gasteiger partial charge in [-0.05, 0) is 48.9 Å². The fourth-order valence-electron chi connectivity index (χ4n) is 4.68. The number of rotatable bonds is 11. The van der Waals surface area contributed by atoms with Crippen LogP contribution in [0.3, 0.4) is 0 Å². The topological polar surface area (TPSA) is 163 Å². The number of aromatic nitrogens is 2. The normalized spacial score (nSPS) is 14.0. The number of allylic oxidation sites excluding steroid dienone is 4. The molecule has 2 aromatic carbocycles. The van der Waals surface area contributed by atoms with E-state index in [0.29, 0.717) is 12.2 Å². The van der Waals surface area contributed by atoms with Crippen LogP contribution in [-0.4, -0.2) is 54.0 Å². The minimum absolute atomic E-state index is 0.109. The van der Waals surface area contributed by atoms with Gasteiger partial charge in [0, 0.05) is 41.8 Å². The molecule has 0 fully saturated rings. The number of hydrogen-bond donors (Lipinski definition) is 2. The second-order valence-electron chi connectivity index (χ2n) is 9.82. The predicted octanol–water partition coefficient (Wildman–Crippen LogP) is 5.52. The van der Waals surface area contributed by atoms with Gasteiger partial charge in [0.1, 0.15) is 11.2 Å². The SMILES string of the molecule is CCC[n+]1c(/C=C/C(=C/C=C2\Sc3ccccc3N2CCCS(=O)(=O)O)c2ccc(C(=O)O)cn2)sc2ccccc21.O=S(=O)=O. The highest BCUT2D eigenvalue weighted by Gasteiger charge is 2.24. The van der Waals surface area contributed by atoms with Gasteiger partial charge in [0.05, 0.1) is 27.7 Å². The lowest BCUT2D eigenvalue weighted by molar-refractivity contribution is -0.668. The Morgan fingerprint density at radius 2 is 1.78 bits per heavy atom. The number of aryl methyl sites for hydroxylation is 1. The summed E-state index contributed by atoms with van der Waals surface area (Å²) < 4.78 is 60.7. The lowest BCUT2D eigenvalue weighted by Gasteiger charge is -2.20. The highest BCUT2D eigenvalue weighted by Crippen LogP contribution is 2.46. The summed E-state index contributed by atoms with van der Waals surface area (Å²) in [6.45, 7) is 3.45. The van der Waals surface area contributed by atoms with E-state index in [9.17, 15) is 22.9 Å². The lowest BCUT2D eigenvalue weighted by atomic mass is 10.1. The van der Waals surface area contributed by atoms with Gasteiger partial charge in [-0.2, -0.15) is 13.0 Å². The van der Waals surface area contributed by atoms with Gasteiger partial charge < -0.3 is 10.0 Å². The Kier molecular flexibility index (Phi) is 12.0. The quantitative estimate of drug-likeness (QED) is 0.115. The molecule has 15 heteroatoms. The average Bonchev–Trinajstić information content (AvgIpc) is 3.54. The largest absolute Gasteiger partial charge is 0.478 e. The molecule has 2 aromatic heterocycles. The van der Waals surface area contributed by atoms with Crippen molar-refractivity contribution in [3.63, 3.8) is 0 Å². The molecular formula is C31H30N3O8S4+. The zero-order valence-corrected chi connectivity index (χ0v) is 27.8. The van der Waals surface area contributed by atoms with E-state index in [0.717, 1.165) is 39.2 Å². The molecule has 1 aliphatic heterocycles. The van der Waals surface area contributed by atoms with Gasteiger partial charge in [0.2, 0.25) is 5.52 Å². The Morgan fingerprint density at radius 3 is 2.46 bits per heavy atom. The number of thiazole rings is 1. The van der Waals surface area contributed by atoms with Crippen LogP contribution in [0.4, 0.5) is 5.69 Å². The van der Waals surface area contributed by atoms with Crippen molar-refractivity contribution in [2.45, 2.75) is 31.2 Å². The molecule has 0 unspecified atom stereocenters. The van der Waals surface area contributed by atoms with Crippen molar-refractivity contribution in [2.75, 3.05) is 17.2 Å². The number of pyridine rings is 1. The molecule has 0 saturated heterocycles. The summed E-state index contributed by atoms with van der Waals surface area (Å²) in [4.78, 5) is 19.0. The number of para-hydroxylation sites is 2. The predicted molar refractivity (Wildman–Crippen MR) is 179 cm³/mol. The molecule has 0 saturated carbocycles. The number of carbonyl (C=O) groups is 1. The van der Waals surface area contributed by atoms with Crippen molar-refractivity contribution in [2.24, 2.45) is 0 Å². The number of carboxylic acid groups (broad SMARTS) is 1. The molecule has 5 rings (SSSR count). The van der Waals surface area contributed by atoms with Gasteiger partial charge in [-0.15, -0.1) is 12.6 Å². The van der Waals surface area contributed by atoms with Gasteiger partial charge in [0.15, 0.2) is 0 Å². The zero-order chi connectivity index (χ0) is 33.3. The van der Waals surface area contributed by atoms with E-state index in [4.69, 9.17) is 12.6 Å². The minimum atomic E-state index is -4.06. The molecule has 0 amide bonds. The molecule has 4 aromatic rings. The Bertz CT molecular complexity index is 2030. The average molecular weight is 701 g/mol. The summed E-state index contributed by atoms with van der Waals surface area (Å²) in [5, 5.41) is 11.4. The van der Waals surface area contributed by atoms with Crippen LogP contribution >= 0.6 is 23.1 Å². The number of nitrogens with zero attached hydrogens (tertiary/aromatic N) is 3. The van der Waals surface area contributed by atoms with Gasteiger partial charge >= 0.3 is 16.6 Å². The summed E-state index contributed by atoms with van der Waals surface area (Å²) in [6.07, 6.45) is 10.6. The van der Waals surface area contributed by atoms with Gasteiger partial charge in [-0.25, -0.2) is 4.79 Å². The first kappa shape index (κ1) is 34.7. The molecule has 0 spiro atoms. The molecule has 0 bridgehead atoms. The molecule has 1 aliphatic rings. The van der Waals surface area contributed by atoms with Crippen LogP contribution in [0.1, 0.15) is 40.8 Å². The molecule has 3 heterocycles. The van der Waals surface area contributed by atoms with E-state index >= 15 is 0 Å². The molecular weight excluding hydrogens is 671 g/mol. The number of aromatic carboxylic acids is 1. The molecule has 11 nitrogen and oxygen atoms in total. The number of benzene rings is 2. The van der Waals surface area contributed by atoms with Crippen molar-refractivity contribution in [3.05, 3.63) is 106 Å². The fraction of sp³-hybridized carbons (Fsp3) is 0.194. The molecule has 240 valence electrons. The first-order valence-electron chi connectivity index (χ1n) is 13.9. The zero-order valence-electron chi connectivity index (χ0n) is 24.5. The monoisotopic (exact) mass is 700 g/mol. The van der Waals surface area contributed by atoms with E-state index in [2.05, 4.69) is 34.7 Å². The van der Waals surface area contributed by atoms with Crippen LogP contribution in [0, 0.1) is 0 Å². The maximum Gasteiger partial charge on any atom is 0.425 e. The Labute approximate surface area is 276 Å². The maximum atomic E-state index is 11.4. The van der Waals surface area contributed by atoms with Crippen LogP contribution in [0.2, 0.25) is 0 Å². The van der Waals surface area contributed by atoms with Crippen molar-refractivity contribution in [3.8, 4) is 0 Å². The maximum absolute atomic E-state index is 11.4. The van der Waals surface area contributed by atoms with Crippen LogP contribution in [0.15, 0.2) is 95.0 Å². The fourth-order valence-corrected chi connectivity index (χ4v) is 7.36. The highest BCUT2D eigenvalue weighted by molar-refractivity contribution is 8.03. The summed E-state index contributed by atoms with van der Waals surface area (Å²) >= 11 is 3.29. The summed E-state index contributed by atoms with van der Waals surface area (Å²) in [7, 11) is -7.17. The van der Waals surface area contributed by atoms with Crippen molar-refractivity contribution in [1.29, 1.82) is 0 Å². The van der Waals surface area contributed by atoms with Crippen LogP contribution in [-0.2, 0) is 27.3 Å². The molecule has 2 N–H and O–H groups in total. The second-order valence-corrected chi connectivity index (χ2v) is 13.9. The van der Waals surface area contributed by atoms with Crippen LogP contribution in [0.25, 0.3) is 21.9 Å². The van der Waals surface area contributed by atoms with Crippen molar-refractivity contribution >= 4 is 77.3 Å². The third kappa shape index (κ3) is 9.43. The van der Waals surface area contributed by atoms with Crippen molar-refractivity contribution in [1.82, 2.24) is 4.98 Å². The van der Waals surface area contributed by atoms with Crippen LogP contribution in [0.5, 0.6) is 0 Å². The smallest absolute Gasteiger partial charge is 0.425 e. The standard InChI is InChI=1S/C31H29N3O5S3.O3S/c1-2-18-33-25-8-3-5-10-27(25)40-29(33)16-13-22(24-15-12-23(21-32-24)31(35)36)14-17-30-34(19-7-20-42(37,38)39)26-9-4-6-11-28(26)41-30;1-4(2)3/h3-6,8-17,21H,2,7,18-20H2,1H3,(H-,35,36,37,38,39);/p+1. The first-order valence-corrected chi connectivity index (χ1v) is 18.2. The number of carboxylic acids is 1. The second kappa shape index (κ2) is 15.9. The van der Waals surface area contributed by atoms with Crippen LogP contribution < -0.4 is 9.47 Å². The number of fused-ring (bicyclic) bond motifs is 2. The minimum Gasteiger partial charge on any atom is -0.478 e. The highest BCUT2D eigenvalue weighted by atomic mass is 32.2. The van der Waals surface area contributed by atoms with Crippen molar-refractivity contribution < 1.29 is 40.1 Å². The Hall–Kier alpha value is -4.15. The molecule has 46 heavy (non-hydrogen) atoms. The number of hydrogen-bond acceptors (Lipinski definition) is 10. The van der Waals surface area contributed by atoms with Gasteiger partial charge in [0.25, 0.3) is 15.1 Å². The van der Waals surface area contributed by atoms with E-state index < -0.39 is 26.7 Å². The van der Waals surface area contributed by atoms with E-state index in [1.165, 1.54) is 22.5 Å². The summed E-state index contributed by atoms with van der Waals surface area (Å²) in [5.74, 6) is -1.36. The molecule has 0 radical (unpaired) electrons. The first-order chi connectivity index (χ1) is 22.0. The molecule has 0 aliphatic carbocycles. The van der Waals surface area contributed by atoms with E-state index in [1.54, 1.807) is 29.2 Å². The Balaban J connectivity index is 0.00000113. The number of anilines is 1. The third-order valence-electron chi connectivity index (χ3n) is 6.62. The van der Waals surface area contributed by atoms with Gasteiger partial charge in [-0.1, -0.05) is 60.4 Å².